The predicted molar refractivity (Wildman–Crippen MR) is 126 cm³/mol. The SMILES string of the molecule is Cc1ccc(Nc2ccc3ncn(-c4ccc([C@@H](C)O)c(-n5nc(C#N)cc5C)n4)c3c2)nn1. The fourth-order valence-electron chi connectivity index (χ4n) is 3.70. The first-order valence-corrected chi connectivity index (χ1v) is 10.6. The van der Waals surface area contributed by atoms with Gasteiger partial charge in [0.1, 0.15) is 18.2 Å². The second-order valence-corrected chi connectivity index (χ2v) is 7.96. The summed E-state index contributed by atoms with van der Waals surface area (Å²) in [6, 6.07) is 16.9. The maximum atomic E-state index is 10.3. The molecule has 5 rings (SSSR count). The van der Waals surface area contributed by atoms with Crippen LogP contribution in [0.25, 0.3) is 22.7 Å². The smallest absolute Gasteiger partial charge is 0.163 e. The van der Waals surface area contributed by atoms with Crippen LogP contribution >= 0.6 is 0 Å². The number of rotatable bonds is 5. The van der Waals surface area contributed by atoms with Gasteiger partial charge in [-0.25, -0.2) is 14.6 Å². The van der Waals surface area contributed by atoms with E-state index in [1.165, 1.54) is 0 Å². The Labute approximate surface area is 195 Å². The van der Waals surface area contributed by atoms with Crippen LogP contribution in [0.4, 0.5) is 11.5 Å². The molecular weight excluding hydrogens is 430 g/mol. The van der Waals surface area contributed by atoms with E-state index in [-0.39, 0.29) is 5.69 Å². The van der Waals surface area contributed by atoms with Crippen molar-refractivity contribution in [2.24, 2.45) is 0 Å². The van der Waals surface area contributed by atoms with Gasteiger partial charge in [-0.05, 0) is 69.3 Å². The van der Waals surface area contributed by atoms with Crippen molar-refractivity contribution >= 4 is 22.5 Å². The quantitative estimate of drug-likeness (QED) is 0.414. The first-order valence-electron chi connectivity index (χ1n) is 10.6. The van der Waals surface area contributed by atoms with Gasteiger partial charge in [0.05, 0.1) is 22.8 Å². The largest absolute Gasteiger partial charge is 0.389 e. The Bertz CT molecular complexity index is 1540. The standard InChI is InChI=1S/C24H21N9O/c1-14-4-8-22(30-29-14)27-17-5-7-20-21(11-17)32(13-26-20)23-9-6-19(16(3)34)24(28-23)33-15(2)10-18(12-25)31-33/h4-11,13,16,34H,1-3H3,(H,27,30)/t16-/m1/s1. The van der Waals surface area contributed by atoms with E-state index < -0.39 is 6.10 Å². The Morgan fingerprint density at radius 1 is 1.06 bits per heavy atom. The molecule has 34 heavy (non-hydrogen) atoms. The third kappa shape index (κ3) is 3.85. The van der Waals surface area contributed by atoms with Crippen LogP contribution in [0.5, 0.6) is 0 Å². The number of aromatic nitrogens is 7. The number of aryl methyl sites for hydroxylation is 2. The normalized spacial score (nSPS) is 12.0. The summed E-state index contributed by atoms with van der Waals surface area (Å²) in [6.07, 6.45) is 0.932. The van der Waals surface area contributed by atoms with Gasteiger partial charge >= 0.3 is 0 Å². The molecule has 0 bridgehead atoms. The average molecular weight is 451 g/mol. The van der Waals surface area contributed by atoms with Crippen LogP contribution in [0.15, 0.2) is 54.9 Å². The molecule has 1 aromatic carbocycles. The van der Waals surface area contributed by atoms with Crippen molar-refractivity contribution < 1.29 is 5.11 Å². The first kappa shape index (κ1) is 21.2. The minimum absolute atomic E-state index is 0.282. The summed E-state index contributed by atoms with van der Waals surface area (Å²) in [7, 11) is 0. The fourth-order valence-corrected chi connectivity index (χ4v) is 3.70. The molecule has 2 N–H and O–H groups in total. The van der Waals surface area contributed by atoms with E-state index in [9.17, 15) is 10.4 Å². The molecule has 4 heterocycles. The molecule has 0 saturated carbocycles. The van der Waals surface area contributed by atoms with Crippen molar-refractivity contribution in [1.29, 1.82) is 5.26 Å². The summed E-state index contributed by atoms with van der Waals surface area (Å²) in [5, 5.41) is 35.4. The van der Waals surface area contributed by atoms with Crippen LogP contribution in [0.3, 0.4) is 0 Å². The van der Waals surface area contributed by atoms with Crippen molar-refractivity contribution in [3.05, 3.63) is 77.5 Å². The zero-order valence-electron chi connectivity index (χ0n) is 18.8. The van der Waals surface area contributed by atoms with E-state index in [2.05, 4.69) is 25.6 Å². The molecule has 0 fully saturated rings. The van der Waals surface area contributed by atoms with E-state index >= 15 is 0 Å². The third-order valence-corrected chi connectivity index (χ3v) is 5.41. The number of fused-ring (bicyclic) bond motifs is 1. The Kier molecular flexibility index (Phi) is 5.24. The Morgan fingerprint density at radius 3 is 2.62 bits per heavy atom. The lowest BCUT2D eigenvalue weighted by atomic mass is 10.1. The van der Waals surface area contributed by atoms with Crippen LogP contribution in [-0.4, -0.2) is 39.6 Å². The zero-order valence-corrected chi connectivity index (χ0v) is 18.8. The Balaban J connectivity index is 1.59. The summed E-state index contributed by atoms with van der Waals surface area (Å²) < 4.78 is 3.44. The van der Waals surface area contributed by atoms with Gasteiger partial charge in [-0.3, -0.25) is 4.57 Å². The topological polar surface area (TPSA) is 130 Å². The van der Waals surface area contributed by atoms with Crippen LogP contribution in [0.1, 0.15) is 35.7 Å². The number of nitrogens with zero attached hydrogens (tertiary/aromatic N) is 8. The molecule has 0 spiro atoms. The lowest BCUT2D eigenvalue weighted by molar-refractivity contribution is 0.198. The highest BCUT2D eigenvalue weighted by molar-refractivity contribution is 5.82. The number of benzene rings is 1. The fraction of sp³-hybridized carbons (Fsp3) is 0.167. The monoisotopic (exact) mass is 451 g/mol. The molecule has 0 unspecified atom stereocenters. The summed E-state index contributed by atoms with van der Waals surface area (Å²) in [4.78, 5) is 9.30. The van der Waals surface area contributed by atoms with E-state index in [1.54, 1.807) is 24.0 Å². The van der Waals surface area contributed by atoms with Gasteiger partial charge in [-0.15, -0.1) is 5.10 Å². The van der Waals surface area contributed by atoms with Gasteiger partial charge in [0.25, 0.3) is 0 Å². The number of anilines is 2. The number of nitrogens with one attached hydrogen (secondary N) is 1. The number of imidazole rings is 1. The van der Waals surface area contributed by atoms with Gasteiger partial charge in [0.2, 0.25) is 0 Å². The van der Waals surface area contributed by atoms with Crippen molar-refractivity contribution in [2.45, 2.75) is 26.9 Å². The Hall–Kier alpha value is -4.62. The number of pyridine rings is 1. The van der Waals surface area contributed by atoms with Crippen molar-refractivity contribution in [3.63, 3.8) is 0 Å². The van der Waals surface area contributed by atoms with Gasteiger partial charge in [-0.1, -0.05) is 0 Å². The van der Waals surface area contributed by atoms with Crippen LogP contribution in [0.2, 0.25) is 0 Å². The number of hydrogen-bond donors (Lipinski definition) is 2. The van der Waals surface area contributed by atoms with E-state index in [0.29, 0.717) is 23.0 Å². The minimum Gasteiger partial charge on any atom is -0.389 e. The van der Waals surface area contributed by atoms with E-state index in [1.807, 2.05) is 66.9 Å². The highest BCUT2D eigenvalue weighted by Crippen LogP contribution is 2.26. The molecule has 0 saturated heterocycles. The molecule has 10 nitrogen and oxygen atoms in total. The number of aliphatic hydroxyl groups is 1. The molecule has 10 heteroatoms. The predicted octanol–water partition coefficient (Wildman–Crippen LogP) is 3.68. The lowest BCUT2D eigenvalue weighted by Crippen LogP contribution is -2.10. The number of nitriles is 1. The van der Waals surface area contributed by atoms with E-state index in [4.69, 9.17) is 4.98 Å². The van der Waals surface area contributed by atoms with Gasteiger partial charge in [-0.2, -0.15) is 15.5 Å². The number of hydrogen-bond acceptors (Lipinski definition) is 8. The maximum absolute atomic E-state index is 10.3. The highest BCUT2D eigenvalue weighted by atomic mass is 16.3. The van der Waals surface area contributed by atoms with Crippen molar-refractivity contribution in [2.75, 3.05) is 5.32 Å². The molecule has 0 aliphatic carbocycles. The molecule has 0 radical (unpaired) electrons. The minimum atomic E-state index is -0.767. The molecule has 1 atom stereocenters. The highest BCUT2D eigenvalue weighted by Gasteiger charge is 2.17. The summed E-state index contributed by atoms with van der Waals surface area (Å²) in [5.74, 6) is 1.69. The van der Waals surface area contributed by atoms with Crippen LogP contribution < -0.4 is 5.32 Å². The van der Waals surface area contributed by atoms with Crippen LogP contribution in [0, 0.1) is 25.2 Å². The molecule has 0 amide bonds. The molecule has 0 aliphatic heterocycles. The average Bonchev–Trinajstić information content (AvgIpc) is 3.43. The second kappa shape index (κ2) is 8.38. The molecule has 0 aliphatic rings. The molecule has 168 valence electrons. The molecular formula is C24H21N9O. The summed E-state index contributed by atoms with van der Waals surface area (Å²) >= 11 is 0. The second-order valence-electron chi connectivity index (χ2n) is 7.96. The van der Waals surface area contributed by atoms with E-state index in [0.717, 1.165) is 28.1 Å². The maximum Gasteiger partial charge on any atom is 0.163 e. The van der Waals surface area contributed by atoms with Gasteiger partial charge < -0.3 is 10.4 Å². The first-order chi connectivity index (χ1) is 16.4. The van der Waals surface area contributed by atoms with Crippen molar-refractivity contribution in [1.82, 2.24) is 34.5 Å². The number of aliphatic hydroxyl groups excluding tert-OH is 1. The Morgan fingerprint density at radius 2 is 1.91 bits per heavy atom. The summed E-state index contributed by atoms with van der Waals surface area (Å²) in [6.45, 7) is 5.40. The van der Waals surface area contributed by atoms with Gasteiger partial charge in [0.15, 0.2) is 17.3 Å². The van der Waals surface area contributed by atoms with Crippen LogP contribution in [-0.2, 0) is 0 Å². The van der Waals surface area contributed by atoms with Gasteiger partial charge in [0, 0.05) is 16.9 Å². The lowest BCUT2D eigenvalue weighted by Gasteiger charge is -2.15. The third-order valence-electron chi connectivity index (χ3n) is 5.41. The van der Waals surface area contributed by atoms with Crippen molar-refractivity contribution in [3.8, 4) is 17.7 Å². The molecule has 5 aromatic rings. The summed E-state index contributed by atoms with van der Waals surface area (Å²) in [5.41, 5.74) is 4.93. The zero-order chi connectivity index (χ0) is 23.8. The molecule has 4 aromatic heterocycles.